The molecule has 0 saturated heterocycles. The molecular weight excluding hydrogens is 314 g/mol. The van der Waals surface area contributed by atoms with E-state index in [1.807, 2.05) is 0 Å². The van der Waals surface area contributed by atoms with Crippen molar-refractivity contribution in [1.29, 1.82) is 0 Å². The van der Waals surface area contributed by atoms with Crippen molar-refractivity contribution in [2.75, 3.05) is 0 Å². The fourth-order valence-electron chi connectivity index (χ4n) is 1.92. The lowest BCUT2D eigenvalue weighted by molar-refractivity contribution is -0.131. The van der Waals surface area contributed by atoms with Gasteiger partial charge in [0.15, 0.2) is 0 Å². The molecule has 0 aromatic heterocycles. The van der Waals surface area contributed by atoms with E-state index in [9.17, 15) is 14.4 Å². The van der Waals surface area contributed by atoms with Crippen LogP contribution < -0.4 is 5.32 Å². The van der Waals surface area contributed by atoms with Crippen molar-refractivity contribution in [3.05, 3.63) is 34.3 Å². The highest BCUT2D eigenvalue weighted by Gasteiger charge is 2.32. The van der Waals surface area contributed by atoms with Gasteiger partial charge >= 0.3 is 6.09 Å². The van der Waals surface area contributed by atoms with Gasteiger partial charge in [-0.15, -0.1) is 0 Å². The third kappa shape index (κ3) is 4.17. The average Bonchev–Trinajstić information content (AvgIpc) is 2.27. The van der Waals surface area contributed by atoms with Crippen molar-refractivity contribution in [1.82, 2.24) is 5.32 Å². The number of amides is 1. The number of benzene rings is 1. The van der Waals surface area contributed by atoms with Crippen LogP contribution in [-0.4, -0.2) is 22.8 Å². The van der Waals surface area contributed by atoms with Crippen LogP contribution >= 0.6 is 15.9 Å². The lowest BCUT2D eigenvalue weighted by Crippen LogP contribution is -2.38. The van der Waals surface area contributed by atoms with Crippen molar-refractivity contribution in [3.8, 4) is 0 Å². The molecule has 0 fully saturated rings. The Morgan fingerprint density at radius 3 is 1.95 bits per heavy atom. The zero-order valence-electron chi connectivity index (χ0n) is 10.5. The molecule has 0 spiro atoms. The van der Waals surface area contributed by atoms with Gasteiger partial charge in [-0.2, -0.15) is 0 Å². The Bertz CT molecular complexity index is 484. The van der Waals surface area contributed by atoms with Gasteiger partial charge in [-0.3, -0.25) is 9.59 Å². The van der Waals surface area contributed by atoms with Gasteiger partial charge in [-0.1, -0.05) is 28.1 Å². The van der Waals surface area contributed by atoms with E-state index in [1.54, 1.807) is 24.3 Å². The molecule has 1 unspecified atom stereocenters. The van der Waals surface area contributed by atoms with E-state index in [0.29, 0.717) is 5.56 Å². The van der Waals surface area contributed by atoms with Crippen molar-refractivity contribution in [2.24, 2.45) is 5.92 Å². The predicted octanol–water partition coefficient (Wildman–Crippen LogP) is 2.55. The number of nitrogens with one attached hydrogen (secondary N) is 1. The number of hydrogen-bond acceptors (Lipinski definition) is 3. The van der Waals surface area contributed by atoms with Crippen molar-refractivity contribution >= 4 is 33.6 Å². The summed E-state index contributed by atoms with van der Waals surface area (Å²) < 4.78 is 0.826. The Balaban J connectivity index is 3.19. The van der Waals surface area contributed by atoms with Crippen molar-refractivity contribution in [2.45, 2.75) is 19.9 Å². The summed E-state index contributed by atoms with van der Waals surface area (Å²) in [6.45, 7) is 2.56. The number of ketones is 2. The van der Waals surface area contributed by atoms with Gasteiger partial charge < -0.3 is 10.4 Å². The van der Waals surface area contributed by atoms with Crippen LogP contribution in [0.15, 0.2) is 28.7 Å². The van der Waals surface area contributed by atoms with Crippen LogP contribution in [0.1, 0.15) is 25.5 Å². The number of rotatable bonds is 5. The highest BCUT2D eigenvalue weighted by molar-refractivity contribution is 9.10. The Morgan fingerprint density at radius 1 is 1.11 bits per heavy atom. The van der Waals surface area contributed by atoms with Gasteiger partial charge in [0.1, 0.15) is 17.5 Å². The van der Waals surface area contributed by atoms with Crippen molar-refractivity contribution < 1.29 is 19.5 Å². The summed E-state index contributed by atoms with van der Waals surface area (Å²) in [5.41, 5.74) is 0.570. The molecule has 0 radical (unpaired) electrons. The van der Waals surface area contributed by atoms with Crippen LogP contribution in [0.4, 0.5) is 4.79 Å². The second kappa shape index (κ2) is 6.47. The largest absolute Gasteiger partial charge is 0.465 e. The third-order valence-electron chi connectivity index (χ3n) is 2.72. The number of hydrogen-bond donors (Lipinski definition) is 2. The molecule has 1 atom stereocenters. The third-order valence-corrected chi connectivity index (χ3v) is 3.25. The molecule has 0 bridgehead atoms. The summed E-state index contributed by atoms with van der Waals surface area (Å²) in [6, 6.07) is 5.92. The molecule has 1 aromatic carbocycles. The van der Waals surface area contributed by atoms with E-state index < -0.39 is 18.1 Å². The topological polar surface area (TPSA) is 83.5 Å². The minimum absolute atomic E-state index is 0.367. The second-order valence-electron chi connectivity index (χ2n) is 4.18. The summed E-state index contributed by atoms with van der Waals surface area (Å²) in [5, 5.41) is 11.1. The van der Waals surface area contributed by atoms with Crippen LogP contribution in [0.3, 0.4) is 0 Å². The molecule has 0 heterocycles. The average molecular weight is 328 g/mol. The second-order valence-corrected chi connectivity index (χ2v) is 5.09. The molecule has 5 nitrogen and oxygen atoms in total. The molecule has 0 aliphatic rings. The van der Waals surface area contributed by atoms with E-state index in [4.69, 9.17) is 5.11 Å². The van der Waals surface area contributed by atoms with Crippen molar-refractivity contribution in [3.63, 3.8) is 0 Å². The first-order valence-electron chi connectivity index (χ1n) is 5.58. The van der Waals surface area contributed by atoms with Gasteiger partial charge in [0.05, 0.1) is 6.04 Å². The first kappa shape index (κ1) is 15.4. The zero-order chi connectivity index (χ0) is 14.6. The first-order valence-corrected chi connectivity index (χ1v) is 6.38. The van der Waals surface area contributed by atoms with Crippen LogP contribution in [0.2, 0.25) is 0 Å². The Kier molecular flexibility index (Phi) is 5.23. The molecule has 0 saturated carbocycles. The lowest BCUT2D eigenvalue weighted by Gasteiger charge is -2.23. The molecule has 0 aliphatic heterocycles. The highest BCUT2D eigenvalue weighted by atomic mass is 79.9. The summed E-state index contributed by atoms with van der Waals surface area (Å²) in [4.78, 5) is 34.0. The van der Waals surface area contributed by atoms with Crippen LogP contribution in [0, 0.1) is 5.92 Å². The fraction of sp³-hybridized carbons (Fsp3) is 0.308. The summed E-state index contributed by atoms with van der Waals surface area (Å²) in [7, 11) is 0. The molecule has 102 valence electrons. The van der Waals surface area contributed by atoms with Gasteiger partial charge in [0, 0.05) is 4.47 Å². The first-order chi connectivity index (χ1) is 8.82. The number of carbonyl (C=O) groups is 3. The SMILES string of the molecule is CC(=O)C(C(C)=O)C(NC(=O)O)c1ccc(Br)cc1. The molecule has 6 heteroatoms. The van der Waals surface area contributed by atoms with E-state index in [2.05, 4.69) is 21.2 Å². The maximum Gasteiger partial charge on any atom is 0.405 e. The lowest BCUT2D eigenvalue weighted by atomic mass is 9.87. The van der Waals surface area contributed by atoms with Gasteiger partial charge in [0.2, 0.25) is 0 Å². The van der Waals surface area contributed by atoms with E-state index in [-0.39, 0.29) is 11.6 Å². The smallest absolute Gasteiger partial charge is 0.405 e. The number of carbonyl (C=O) groups excluding carboxylic acids is 2. The quantitative estimate of drug-likeness (QED) is 0.814. The van der Waals surface area contributed by atoms with Gasteiger partial charge in [-0.25, -0.2) is 4.79 Å². The summed E-state index contributed by atoms with van der Waals surface area (Å²) in [5.74, 6) is -1.75. The minimum atomic E-state index is -1.28. The number of halogens is 1. The van der Waals surface area contributed by atoms with E-state index in [1.165, 1.54) is 13.8 Å². The maximum atomic E-state index is 11.6. The summed E-state index contributed by atoms with van der Waals surface area (Å²) >= 11 is 3.27. The van der Waals surface area contributed by atoms with Crippen LogP contribution in [0.25, 0.3) is 0 Å². The Morgan fingerprint density at radius 2 is 1.58 bits per heavy atom. The molecular formula is C13H14BrNO4. The molecule has 0 aliphatic carbocycles. The molecule has 19 heavy (non-hydrogen) atoms. The molecule has 2 N–H and O–H groups in total. The highest BCUT2D eigenvalue weighted by Crippen LogP contribution is 2.25. The van der Waals surface area contributed by atoms with Crippen LogP contribution in [0.5, 0.6) is 0 Å². The zero-order valence-corrected chi connectivity index (χ0v) is 12.1. The van der Waals surface area contributed by atoms with E-state index >= 15 is 0 Å². The molecule has 1 aromatic rings. The Labute approximate surface area is 119 Å². The Hall–Kier alpha value is -1.69. The number of carboxylic acid groups (broad SMARTS) is 1. The van der Waals surface area contributed by atoms with Crippen LogP contribution in [-0.2, 0) is 9.59 Å². The molecule has 1 amide bonds. The summed E-state index contributed by atoms with van der Waals surface area (Å²) in [6.07, 6.45) is -1.28. The normalized spacial score (nSPS) is 12.0. The maximum absolute atomic E-state index is 11.6. The van der Waals surface area contributed by atoms with Gasteiger partial charge in [0.25, 0.3) is 0 Å². The fourth-order valence-corrected chi connectivity index (χ4v) is 2.18. The monoisotopic (exact) mass is 327 g/mol. The van der Waals surface area contributed by atoms with Gasteiger partial charge in [-0.05, 0) is 31.5 Å². The minimum Gasteiger partial charge on any atom is -0.465 e. The molecule has 1 rings (SSSR count). The standard InChI is InChI=1S/C13H14BrNO4/c1-7(16)11(8(2)17)12(15-13(18)19)9-3-5-10(14)6-4-9/h3-6,11-12,15H,1-2H3,(H,18,19). The van der Waals surface area contributed by atoms with E-state index in [0.717, 1.165) is 4.47 Å². The number of Topliss-reactive ketones (excluding diaryl/α,β-unsaturated/α-hetero) is 2. The predicted molar refractivity (Wildman–Crippen MR) is 72.9 cm³/mol.